The van der Waals surface area contributed by atoms with Crippen LogP contribution in [0, 0.1) is 13.8 Å². The van der Waals surface area contributed by atoms with Crippen molar-refractivity contribution in [3.05, 3.63) is 16.0 Å². The zero-order valence-corrected chi connectivity index (χ0v) is 14.0. The van der Waals surface area contributed by atoms with Gasteiger partial charge in [-0.1, -0.05) is 0 Å². The van der Waals surface area contributed by atoms with Crippen LogP contribution in [0.2, 0.25) is 0 Å². The number of aryl methyl sites for hydroxylation is 1. The monoisotopic (exact) mass is 313 g/mol. The van der Waals surface area contributed by atoms with Gasteiger partial charge in [0.25, 0.3) is 0 Å². The maximum absolute atomic E-state index is 12.2. The molecular formula is C15H23NO4S. The summed E-state index contributed by atoms with van der Waals surface area (Å²) in [4.78, 5) is 26.1. The van der Waals surface area contributed by atoms with Crippen LogP contribution in [0.15, 0.2) is 0 Å². The molecule has 1 heterocycles. The van der Waals surface area contributed by atoms with E-state index in [1.54, 1.807) is 6.92 Å². The molecule has 0 unspecified atom stereocenters. The van der Waals surface area contributed by atoms with Gasteiger partial charge in [0, 0.05) is 17.5 Å². The fourth-order valence-corrected chi connectivity index (χ4v) is 3.37. The molecule has 0 aromatic carbocycles. The third-order valence-electron chi connectivity index (χ3n) is 3.30. The van der Waals surface area contributed by atoms with Gasteiger partial charge in [0.2, 0.25) is 0 Å². The number of aliphatic carboxylic acids is 1. The van der Waals surface area contributed by atoms with E-state index in [0.717, 1.165) is 15.4 Å². The Labute approximate surface area is 129 Å². The number of esters is 1. The number of carboxylic acids is 1. The van der Waals surface area contributed by atoms with Gasteiger partial charge in [0.15, 0.2) is 0 Å². The fraction of sp³-hybridized carbons (Fsp3) is 0.600. The molecule has 21 heavy (non-hydrogen) atoms. The minimum atomic E-state index is -0.844. The minimum absolute atomic E-state index is 0.0381. The highest BCUT2D eigenvalue weighted by Gasteiger charge is 2.26. The molecule has 0 fully saturated rings. The number of hydrogen-bond acceptors (Lipinski definition) is 5. The maximum Gasteiger partial charge on any atom is 0.341 e. The topological polar surface area (TPSA) is 66.8 Å². The molecule has 5 nitrogen and oxygen atoms in total. The molecule has 1 aromatic rings. The minimum Gasteiger partial charge on any atom is -0.481 e. The molecule has 0 atom stereocenters. The van der Waals surface area contributed by atoms with Crippen LogP contribution in [-0.2, 0) is 9.53 Å². The Kier molecular flexibility index (Phi) is 6.20. The number of thiophene rings is 1. The standard InChI is InChI=1S/C15H23NO4S/c1-6-20-15(19)13-10(4)11(5)21-14(13)16(9(2)3)8-7-12(17)18/h9H,6-8H2,1-5H3,(H,17,18). The van der Waals surface area contributed by atoms with E-state index in [4.69, 9.17) is 9.84 Å². The number of rotatable bonds is 7. The van der Waals surface area contributed by atoms with Gasteiger partial charge in [-0.15, -0.1) is 11.3 Å². The lowest BCUT2D eigenvalue weighted by molar-refractivity contribution is -0.136. The molecule has 1 rings (SSSR count). The summed E-state index contributed by atoms with van der Waals surface area (Å²) in [5.41, 5.74) is 1.48. The number of carboxylic acid groups (broad SMARTS) is 1. The zero-order chi connectivity index (χ0) is 16.2. The van der Waals surface area contributed by atoms with E-state index in [9.17, 15) is 9.59 Å². The van der Waals surface area contributed by atoms with E-state index in [2.05, 4.69) is 0 Å². The average molecular weight is 313 g/mol. The second-order valence-corrected chi connectivity index (χ2v) is 6.32. The van der Waals surface area contributed by atoms with Gasteiger partial charge in [-0.25, -0.2) is 4.79 Å². The Hall–Kier alpha value is -1.56. The average Bonchev–Trinajstić information content (AvgIpc) is 2.65. The number of carbonyl (C=O) groups is 2. The molecule has 0 aliphatic rings. The van der Waals surface area contributed by atoms with Gasteiger partial charge in [-0.2, -0.15) is 0 Å². The predicted molar refractivity (Wildman–Crippen MR) is 84.5 cm³/mol. The first-order chi connectivity index (χ1) is 9.79. The van der Waals surface area contributed by atoms with Crippen molar-refractivity contribution in [3.8, 4) is 0 Å². The second-order valence-electron chi connectivity index (χ2n) is 5.11. The summed E-state index contributed by atoms with van der Waals surface area (Å²) < 4.78 is 5.14. The van der Waals surface area contributed by atoms with Crippen molar-refractivity contribution in [1.29, 1.82) is 0 Å². The lowest BCUT2D eigenvalue weighted by Gasteiger charge is -2.28. The van der Waals surface area contributed by atoms with E-state index in [1.165, 1.54) is 11.3 Å². The van der Waals surface area contributed by atoms with Gasteiger partial charge in [0.05, 0.1) is 18.6 Å². The number of anilines is 1. The molecule has 0 aliphatic heterocycles. The van der Waals surface area contributed by atoms with Crippen LogP contribution in [0.25, 0.3) is 0 Å². The van der Waals surface area contributed by atoms with Crippen LogP contribution in [0.1, 0.15) is 48.0 Å². The van der Waals surface area contributed by atoms with E-state index in [-0.39, 0.29) is 18.4 Å². The maximum atomic E-state index is 12.2. The second kappa shape index (κ2) is 7.45. The molecule has 0 saturated heterocycles. The molecule has 1 N–H and O–H groups in total. The van der Waals surface area contributed by atoms with Gasteiger partial charge in [-0.3, -0.25) is 4.79 Å². The molecule has 118 valence electrons. The highest BCUT2D eigenvalue weighted by atomic mass is 32.1. The lowest BCUT2D eigenvalue weighted by Crippen LogP contribution is -2.33. The molecular weight excluding hydrogens is 290 g/mol. The number of ether oxygens (including phenoxy) is 1. The summed E-state index contributed by atoms with van der Waals surface area (Å²) in [5, 5.41) is 9.70. The third kappa shape index (κ3) is 4.20. The summed E-state index contributed by atoms with van der Waals surface area (Å²) in [5.74, 6) is -1.18. The van der Waals surface area contributed by atoms with Crippen LogP contribution < -0.4 is 4.90 Å². The van der Waals surface area contributed by atoms with Crippen molar-refractivity contribution in [2.45, 2.75) is 47.1 Å². The lowest BCUT2D eigenvalue weighted by atomic mass is 10.1. The third-order valence-corrected chi connectivity index (χ3v) is 4.54. The first kappa shape index (κ1) is 17.5. The first-order valence-electron chi connectivity index (χ1n) is 7.05. The van der Waals surface area contributed by atoms with Crippen LogP contribution in [0.5, 0.6) is 0 Å². The molecule has 1 aromatic heterocycles. The Morgan fingerprint density at radius 3 is 2.43 bits per heavy atom. The van der Waals surface area contributed by atoms with Crippen molar-refractivity contribution >= 4 is 28.3 Å². The van der Waals surface area contributed by atoms with Gasteiger partial charge in [0.1, 0.15) is 5.00 Å². The Bertz CT molecular complexity index is 522. The molecule has 0 bridgehead atoms. The summed E-state index contributed by atoms with van der Waals surface area (Å²) in [6, 6.07) is 0.106. The van der Waals surface area contributed by atoms with Crippen LogP contribution >= 0.6 is 11.3 Å². The Balaban J connectivity index is 3.21. The SMILES string of the molecule is CCOC(=O)c1c(N(CCC(=O)O)C(C)C)sc(C)c1C. The van der Waals surface area contributed by atoms with E-state index in [1.807, 2.05) is 32.6 Å². The summed E-state index contributed by atoms with van der Waals surface area (Å²) in [6.07, 6.45) is 0.0381. The summed E-state index contributed by atoms with van der Waals surface area (Å²) in [7, 11) is 0. The number of hydrogen-bond donors (Lipinski definition) is 1. The molecule has 0 amide bonds. The predicted octanol–water partition coefficient (Wildman–Crippen LogP) is 3.23. The smallest absolute Gasteiger partial charge is 0.341 e. The molecule has 0 aliphatic carbocycles. The van der Waals surface area contributed by atoms with E-state index in [0.29, 0.717) is 18.7 Å². The van der Waals surface area contributed by atoms with Crippen molar-refractivity contribution in [2.24, 2.45) is 0 Å². The van der Waals surface area contributed by atoms with E-state index < -0.39 is 5.97 Å². The number of nitrogens with zero attached hydrogens (tertiary/aromatic N) is 1. The van der Waals surface area contributed by atoms with Crippen molar-refractivity contribution < 1.29 is 19.4 Å². The Morgan fingerprint density at radius 2 is 1.95 bits per heavy atom. The van der Waals surface area contributed by atoms with Crippen molar-refractivity contribution in [2.75, 3.05) is 18.1 Å². The zero-order valence-electron chi connectivity index (χ0n) is 13.2. The summed E-state index contributed by atoms with van der Waals surface area (Å²) >= 11 is 1.52. The molecule has 0 saturated carbocycles. The fourth-order valence-electron chi connectivity index (χ4n) is 2.07. The van der Waals surface area contributed by atoms with Gasteiger partial charge >= 0.3 is 11.9 Å². The normalized spacial score (nSPS) is 10.8. The van der Waals surface area contributed by atoms with Crippen molar-refractivity contribution in [1.82, 2.24) is 0 Å². The largest absolute Gasteiger partial charge is 0.481 e. The highest BCUT2D eigenvalue weighted by Crippen LogP contribution is 2.37. The number of carbonyl (C=O) groups excluding carboxylic acids is 1. The van der Waals surface area contributed by atoms with Gasteiger partial charge in [-0.05, 0) is 40.2 Å². The highest BCUT2D eigenvalue weighted by molar-refractivity contribution is 7.16. The molecule has 6 heteroatoms. The quantitative estimate of drug-likeness (QED) is 0.783. The molecule has 0 spiro atoms. The van der Waals surface area contributed by atoms with Crippen LogP contribution in [-0.4, -0.2) is 36.2 Å². The van der Waals surface area contributed by atoms with Gasteiger partial charge < -0.3 is 14.7 Å². The van der Waals surface area contributed by atoms with E-state index >= 15 is 0 Å². The first-order valence-corrected chi connectivity index (χ1v) is 7.86. The van der Waals surface area contributed by atoms with Crippen LogP contribution in [0.4, 0.5) is 5.00 Å². The van der Waals surface area contributed by atoms with Crippen LogP contribution in [0.3, 0.4) is 0 Å². The molecule has 0 radical (unpaired) electrons. The Morgan fingerprint density at radius 1 is 1.33 bits per heavy atom. The summed E-state index contributed by atoms with van der Waals surface area (Å²) in [6.45, 7) is 10.3. The van der Waals surface area contributed by atoms with Crippen molar-refractivity contribution in [3.63, 3.8) is 0 Å².